The maximum absolute atomic E-state index is 11.2. The van der Waals surface area contributed by atoms with Crippen LogP contribution in [0.2, 0.25) is 0 Å². The zero-order valence-electron chi connectivity index (χ0n) is 7.90. The second-order valence-electron chi connectivity index (χ2n) is 3.43. The normalized spacial score (nSPS) is 10.9. The van der Waals surface area contributed by atoms with Crippen LogP contribution in [0.5, 0.6) is 0 Å². The van der Waals surface area contributed by atoms with Gasteiger partial charge in [-0.1, -0.05) is 12.1 Å². The molecule has 1 aliphatic heterocycles. The highest BCUT2D eigenvalue weighted by atomic mass is 16.1. The molecule has 3 heteroatoms. The molecule has 1 N–H and O–H groups in total. The van der Waals surface area contributed by atoms with Crippen molar-refractivity contribution in [2.75, 3.05) is 0 Å². The Labute approximate surface area is 85.8 Å². The third-order valence-corrected chi connectivity index (χ3v) is 2.38. The van der Waals surface area contributed by atoms with Crippen LogP contribution in [0.4, 0.5) is 0 Å². The number of hydrogen-bond acceptors (Lipinski definition) is 2. The van der Waals surface area contributed by atoms with Crippen molar-refractivity contribution >= 4 is 11.0 Å². The van der Waals surface area contributed by atoms with Crippen molar-refractivity contribution in [2.45, 2.75) is 0 Å². The molecule has 3 rings (SSSR count). The third-order valence-electron chi connectivity index (χ3n) is 2.38. The number of nitrogens with zero attached hydrogens (tertiary/aromatic N) is 1. The molecule has 0 saturated heterocycles. The van der Waals surface area contributed by atoms with Crippen molar-refractivity contribution in [3.8, 4) is 11.4 Å². The van der Waals surface area contributed by atoms with Crippen LogP contribution < -0.4 is 5.43 Å². The second kappa shape index (κ2) is 2.92. The zero-order valence-corrected chi connectivity index (χ0v) is 7.90. The molecule has 1 aliphatic carbocycles. The van der Waals surface area contributed by atoms with E-state index < -0.39 is 0 Å². The second-order valence-corrected chi connectivity index (χ2v) is 3.43. The maximum Gasteiger partial charge on any atom is 0.180 e. The lowest BCUT2D eigenvalue weighted by Gasteiger charge is -2.05. The Morgan fingerprint density at radius 1 is 1.07 bits per heavy atom. The summed E-state index contributed by atoms with van der Waals surface area (Å²) < 4.78 is 0. The molecule has 1 aromatic rings. The summed E-state index contributed by atoms with van der Waals surface area (Å²) in [5, 5.41) is 0. The molecule has 2 aliphatic rings. The first-order valence-corrected chi connectivity index (χ1v) is 4.72. The van der Waals surface area contributed by atoms with Crippen molar-refractivity contribution < 1.29 is 0 Å². The summed E-state index contributed by atoms with van der Waals surface area (Å²) >= 11 is 0. The van der Waals surface area contributed by atoms with Crippen molar-refractivity contribution in [1.29, 1.82) is 0 Å². The fourth-order valence-electron chi connectivity index (χ4n) is 1.66. The van der Waals surface area contributed by atoms with Crippen molar-refractivity contribution in [3.63, 3.8) is 0 Å². The molecule has 0 amide bonds. The molecule has 0 atom stereocenters. The van der Waals surface area contributed by atoms with E-state index in [9.17, 15) is 4.79 Å². The van der Waals surface area contributed by atoms with Gasteiger partial charge in [-0.15, -0.1) is 0 Å². The van der Waals surface area contributed by atoms with Crippen LogP contribution in [0, 0.1) is 0 Å². The number of fused-ring (bicyclic) bond motifs is 2. The minimum Gasteiger partial charge on any atom is -0.352 e. The molecule has 1 heterocycles. The number of aromatic nitrogens is 2. The first-order chi connectivity index (χ1) is 7.33. The van der Waals surface area contributed by atoms with E-state index >= 15 is 0 Å². The van der Waals surface area contributed by atoms with Crippen LogP contribution >= 0.6 is 0 Å². The van der Waals surface area contributed by atoms with Gasteiger partial charge in [-0.25, -0.2) is 4.98 Å². The Bertz CT molecular complexity index is 657. The molecule has 72 valence electrons. The van der Waals surface area contributed by atoms with E-state index in [0.717, 1.165) is 22.4 Å². The van der Waals surface area contributed by atoms with Crippen molar-refractivity contribution in [2.24, 2.45) is 0 Å². The number of hydrogen-bond donors (Lipinski definition) is 1. The average Bonchev–Trinajstić information content (AvgIpc) is 2.26. The van der Waals surface area contributed by atoms with Crippen molar-refractivity contribution in [3.05, 3.63) is 52.7 Å². The summed E-state index contributed by atoms with van der Waals surface area (Å²) in [7, 11) is 0. The highest BCUT2D eigenvalue weighted by Gasteiger charge is 2.05. The zero-order chi connectivity index (χ0) is 10.3. The van der Waals surface area contributed by atoms with E-state index in [2.05, 4.69) is 9.97 Å². The van der Waals surface area contributed by atoms with E-state index in [-0.39, 0.29) is 5.43 Å². The Kier molecular flexibility index (Phi) is 1.59. The van der Waals surface area contributed by atoms with Gasteiger partial charge in [0, 0.05) is 6.07 Å². The quantitative estimate of drug-likeness (QED) is 0.559. The predicted octanol–water partition coefficient (Wildman–Crippen LogP) is 2.03. The van der Waals surface area contributed by atoms with Gasteiger partial charge in [0.05, 0.1) is 22.4 Å². The van der Waals surface area contributed by atoms with Gasteiger partial charge in [-0.2, -0.15) is 0 Å². The van der Waals surface area contributed by atoms with Gasteiger partial charge in [0.25, 0.3) is 0 Å². The Balaban J connectivity index is 2.49. The van der Waals surface area contributed by atoms with Crippen LogP contribution in [-0.2, 0) is 0 Å². The number of benzene rings is 2. The molecule has 15 heavy (non-hydrogen) atoms. The van der Waals surface area contributed by atoms with Crippen LogP contribution in [-0.4, -0.2) is 9.97 Å². The van der Waals surface area contributed by atoms with E-state index in [1.54, 1.807) is 12.1 Å². The van der Waals surface area contributed by atoms with Gasteiger partial charge in [0.2, 0.25) is 0 Å². The van der Waals surface area contributed by atoms with E-state index in [1.165, 1.54) is 6.07 Å². The summed E-state index contributed by atoms with van der Waals surface area (Å²) in [4.78, 5) is 18.8. The summed E-state index contributed by atoms with van der Waals surface area (Å²) in [5.74, 6) is 0. The molecule has 3 nitrogen and oxygen atoms in total. The summed E-state index contributed by atoms with van der Waals surface area (Å²) in [6.45, 7) is 0. The van der Waals surface area contributed by atoms with Gasteiger partial charge in [0.1, 0.15) is 0 Å². The maximum atomic E-state index is 11.2. The van der Waals surface area contributed by atoms with Crippen LogP contribution in [0.25, 0.3) is 22.4 Å². The molecule has 0 unspecified atom stereocenters. The molecule has 0 radical (unpaired) electrons. The van der Waals surface area contributed by atoms with E-state index in [0.29, 0.717) is 0 Å². The van der Waals surface area contributed by atoms with E-state index in [4.69, 9.17) is 0 Å². The third kappa shape index (κ3) is 1.29. The number of para-hydroxylation sites is 2. The molecule has 0 spiro atoms. The van der Waals surface area contributed by atoms with Crippen molar-refractivity contribution in [1.82, 2.24) is 9.97 Å². The highest BCUT2D eigenvalue weighted by Crippen LogP contribution is 2.18. The summed E-state index contributed by atoms with van der Waals surface area (Å²) in [5.41, 5.74) is 3.43. The fourth-order valence-corrected chi connectivity index (χ4v) is 1.66. The largest absolute Gasteiger partial charge is 0.352 e. The monoisotopic (exact) mass is 196 g/mol. The highest BCUT2D eigenvalue weighted by molar-refractivity contribution is 5.78. The van der Waals surface area contributed by atoms with Gasteiger partial charge < -0.3 is 4.98 Å². The van der Waals surface area contributed by atoms with Gasteiger partial charge >= 0.3 is 0 Å². The topological polar surface area (TPSA) is 45.8 Å². The van der Waals surface area contributed by atoms with Gasteiger partial charge in [0.15, 0.2) is 5.43 Å². The predicted molar refractivity (Wildman–Crippen MR) is 59.0 cm³/mol. The standard InChI is InChI=1S/C12H8N2O/c15-8-5-6-11-12(7-8)14-10-4-2-1-3-9(10)13-11/h1-7,14H. The first kappa shape index (κ1) is 8.17. The molecular weight excluding hydrogens is 188 g/mol. The molecule has 0 aromatic heterocycles. The van der Waals surface area contributed by atoms with Crippen LogP contribution in [0.15, 0.2) is 47.3 Å². The summed E-state index contributed by atoms with van der Waals surface area (Å²) in [6.07, 6.45) is 0. The first-order valence-electron chi connectivity index (χ1n) is 4.72. The van der Waals surface area contributed by atoms with Gasteiger partial charge in [-0.05, 0) is 24.3 Å². The van der Waals surface area contributed by atoms with E-state index in [1.807, 2.05) is 24.3 Å². The summed E-state index contributed by atoms with van der Waals surface area (Å²) in [6, 6.07) is 12.6. The molecule has 0 bridgehead atoms. The van der Waals surface area contributed by atoms with Crippen LogP contribution in [0.1, 0.15) is 0 Å². The fraction of sp³-hybridized carbons (Fsp3) is 0. The lowest BCUT2D eigenvalue weighted by Crippen LogP contribution is -2.01. The molecule has 0 saturated carbocycles. The number of H-pyrrole nitrogens is 1. The number of nitrogens with one attached hydrogen (secondary N) is 1. The SMILES string of the molecule is O=c1ccc2nc3ccccc3[nH]c-2c1. The Hall–Kier alpha value is -2.16. The average molecular weight is 196 g/mol. The Morgan fingerprint density at radius 3 is 2.87 bits per heavy atom. The number of aromatic amines is 1. The smallest absolute Gasteiger partial charge is 0.180 e. The van der Waals surface area contributed by atoms with Gasteiger partial charge in [-0.3, -0.25) is 4.79 Å². The minimum atomic E-state index is -0.00386. The molecule has 0 fully saturated rings. The minimum absolute atomic E-state index is 0.00386. The molecular formula is C12H8N2O. The molecule has 1 aromatic carbocycles. The lowest BCUT2D eigenvalue weighted by molar-refractivity contribution is 1.27. The lowest BCUT2D eigenvalue weighted by atomic mass is 10.2. The van der Waals surface area contributed by atoms with Crippen LogP contribution in [0.3, 0.4) is 0 Å². The number of rotatable bonds is 0. The Morgan fingerprint density at radius 2 is 1.93 bits per heavy atom.